The van der Waals surface area contributed by atoms with Crippen LogP contribution in [0.1, 0.15) is 18.4 Å². The summed E-state index contributed by atoms with van der Waals surface area (Å²) >= 11 is 0. The summed E-state index contributed by atoms with van der Waals surface area (Å²) in [6.07, 6.45) is -0.694. The number of carbonyl (C=O) groups excluding carboxylic acids is 1. The molecule has 0 aliphatic carbocycles. The molecule has 0 aliphatic heterocycles. The van der Waals surface area contributed by atoms with Crippen LogP contribution in [0.2, 0.25) is 0 Å². The van der Waals surface area contributed by atoms with Crippen LogP contribution in [0.25, 0.3) is 11.4 Å². The lowest BCUT2D eigenvalue weighted by molar-refractivity contribution is -0.137. The molecule has 7 heteroatoms. The fourth-order valence-corrected chi connectivity index (χ4v) is 2.77. The van der Waals surface area contributed by atoms with Gasteiger partial charge in [0.1, 0.15) is 0 Å². The number of aromatic nitrogens is 2. The van der Waals surface area contributed by atoms with Crippen LogP contribution in [0.4, 0.5) is 0 Å². The Morgan fingerprint density at radius 1 is 1.18 bits per heavy atom. The van der Waals surface area contributed by atoms with Crippen molar-refractivity contribution >= 4 is 5.91 Å². The molecule has 0 bridgehead atoms. The molecule has 2 aromatic carbocycles. The minimum Gasteiger partial charge on any atom is -0.493 e. The minimum atomic E-state index is -0.694. The van der Waals surface area contributed by atoms with Crippen molar-refractivity contribution in [2.24, 2.45) is 0 Å². The highest BCUT2D eigenvalue weighted by Gasteiger charge is 2.22. The number of nitrogens with zero attached hydrogens (tertiary/aromatic N) is 3. The van der Waals surface area contributed by atoms with E-state index in [0.717, 1.165) is 11.1 Å². The van der Waals surface area contributed by atoms with Gasteiger partial charge in [-0.1, -0.05) is 41.1 Å². The Labute approximate surface area is 163 Å². The van der Waals surface area contributed by atoms with E-state index in [0.29, 0.717) is 23.2 Å². The highest BCUT2D eigenvalue weighted by atomic mass is 16.5. The SMILES string of the molecule is COc1ccccc1O[C@H](C)C(=O)N(C)Cc1nc(-c2cccc(C)c2)no1. The second-order valence-electron chi connectivity index (χ2n) is 6.49. The van der Waals surface area contributed by atoms with Crippen LogP contribution in [-0.4, -0.2) is 41.2 Å². The molecule has 146 valence electrons. The summed E-state index contributed by atoms with van der Waals surface area (Å²) in [5.74, 6) is 1.74. The zero-order chi connectivity index (χ0) is 20.1. The number of aryl methyl sites for hydroxylation is 1. The third kappa shape index (κ3) is 4.49. The van der Waals surface area contributed by atoms with Crippen molar-refractivity contribution in [3.63, 3.8) is 0 Å². The second-order valence-corrected chi connectivity index (χ2v) is 6.49. The lowest BCUT2D eigenvalue weighted by Gasteiger charge is -2.21. The van der Waals surface area contributed by atoms with Crippen LogP contribution in [0.5, 0.6) is 11.5 Å². The molecular formula is C21H23N3O4. The summed E-state index contributed by atoms with van der Waals surface area (Å²) in [6.45, 7) is 3.88. The average Bonchev–Trinajstić information content (AvgIpc) is 3.16. The van der Waals surface area contributed by atoms with E-state index in [4.69, 9.17) is 14.0 Å². The van der Waals surface area contributed by atoms with Crippen molar-refractivity contribution in [2.45, 2.75) is 26.5 Å². The van der Waals surface area contributed by atoms with Gasteiger partial charge in [-0.3, -0.25) is 4.79 Å². The number of para-hydroxylation sites is 2. The Balaban J connectivity index is 1.64. The van der Waals surface area contributed by atoms with Crippen molar-refractivity contribution in [3.8, 4) is 22.9 Å². The standard InChI is InChI=1S/C21H23N3O4/c1-14-8-7-9-16(12-14)20-22-19(28-23-20)13-24(3)21(25)15(2)27-18-11-6-5-10-17(18)26-4/h5-12,15H,13H2,1-4H3/t15-/m1/s1. The number of methoxy groups -OCH3 is 1. The molecule has 1 amide bonds. The van der Waals surface area contributed by atoms with Gasteiger partial charge in [-0.05, 0) is 32.0 Å². The van der Waals surface area contributed by atoms with Crippen molar-refractivity contribution < 1.29 is 18.8 Å². The quantitative estimate of drug-likeness (QED) is 0.624. The Morgan fingerprint density at radius 3 is 2.64 bits per heavy atom. The van der Waals surface area contributed by atoms with E-state index < -0.39 is 6.10 Å². The molecule has 0 spiro atoms. The van der Waals surface area contributed by atoms with Gasteiger partial charge >= 0.3 is 0 Å². The number of amides is 1. The molecule has 0 saturated heterocycles. The lowest BCUT2D eigenvalue weighted by Crippen LogP contribution is -2.37. The molecule has 3 rings (SSSR count). The van der Waals surface area contributed by atoms with E-state index in [9.17, 15) is 4.79 Å². The zero-order valence-electron chi connectivity index (χ0n) is 16.4. The first-order valence-corrected chi connectivity index (χ1v) is 8.92. The third-order valence-electron chi connectivity index (χ3n) is 4.21. The van der Waals surface area contributed by atoms with Crippen molar-refractivity contribution in [2.75, 3.05) is 14.2 Å². The molecular weight excluding hydrogens is 358 g/mol. The number of ether oxygens (including phenoxy) is 2. The summed E-state index contributed by atoms with van der Waals surface area (Å²) < 4.78 is 16.3. The van der Waals surface area contributed by atoms with Crippen molar-refractivity contribution in [3.05, 3.63) is 60.0 Å². The molecule has 1 atom stereocenters. The van der Waals surface area contributed by atoms with Crippen molar-refractivity contribution in [1.82, 2.24) is 15.0 Å². The van der Waals surface area contributed by atoms with E-state index in [1.807, 2.05) is 43.3 Å². The fourth-order valence-electron chi connectivity index (χ4n) is 2.77. The molecule has 0 aliphatic rings. The molecule has 1 aromatic heterocycles. The van der Waals surface area contributed by atoms with E-state index in [-0.39, 0.29) is 12.5 Å². The molecule has 0 radical (unpaired) electrons. The fraction of sp³-hybridized carbons (Fsp3) is 0.286. The largest absolute Gasteiger partial charge is 0.493 e. The van der Waals surface area contributed by atoms with Crippen LogP contribution in [0, 0.1) is 6.92 Å². The summed E-state index contributed by atoms with van der Waals surface area (Å²) in [6, 6.07) is 15.0. The Morgan fingerprint density at radius 2 is 1.93 bits per heavy atom. The normalized spacial score (nSPS) is 11.7. The van der Waals surface area contributed by atoms with Crippen LogP contribution in [0.3, 0.4) is 0 Å². The molecule has 0 fully saturated rings. The third-order valence-corrected chi connectivity index (χ3v) is 4.21. The number of hydrogen-bond acceptors (Lipinski definition) is 6. The first kappa shape index (κ1) is 19.4. The highest BCUT2D eigenvalue weighted by Crippen LogP contribution is 2.27. The van der Waals surface area contributed by atoms with E-state index in [1.165, 1.54) is 4.90 Å². The number of rotatable bonds is 7. The number of benzene rings is 2. The van der Waals surface area contributed by atoms with Crippen LogP contribution >= 0.6 is 0 Å². The van der Waals surface area contributed by atoms with Gasteiger partial charge in [0.05, 0.1) is 13.7 Å². The van der Waals surface area contributed by atoms with Gasteiger partial charge in [-0.25, -0.2) is 0 Å². The highest BCUT2D eigenvalue weighted by molar-refractivity contribution is 5.80. The zero-order valence-corrected chi connectivity index (χ0v) is 16.4. The van der Waals surface area contributed by atoms with Gasteiger partial charge in [0.15, 0.2) is 17.6 Å². The Hall–Kier alpha value is -3.35. The summed E-state index contributed by atoms with van der Waals surface area (Å²) in [7, 11) is 3.23. The smallest absolute Gasteiger partial charge is 0.263 e. The molecule has 0 unspecified atom stereocenters. The van der Waals surface area contributed by atoms with Gasteiger partial charge < -0.3 is 18.9 Å². The maximum atomic E-state index is 12.6. The first-order valence-electron chi connectivity index (χ1n) is 8.92. The maximum absolute atomic E-state index is 12.6. The van der Waals surface area contributed by atoms with Gasteiger partial charge in [0.2, 0.25) is 11.7 Å². The van der Waals surface area contributed by atoms with Gasteiger partial charge in [0, 0.05) is 12.6 Å². The first-order chi connectivity index (χ1) is 13.5. The van der Waals surface area contributed by atoms with E-state index >= 15 is 0 Å². The summed E-state index contributed by atoms with van der Waals surface area (Å²) in [4.78, 5) is 18.5. The van der Waals surface area contributed by atoms with Gasteiger partial charge in [-0.15, -0.1) is 0 Å². The predicted octanol–water partition coefficient (Wildman–Crippen LogP) is 3.48. The van der Waals surface area contributed by atoms with Gasteiger partial charge in [-0.2, -0.15) is 4.98 Å². The number of likely N-dealkylation sites (N-methyl/N-ethyl adjacent to an activating group) is 1. The maximum Gasteiger partial charge on any atom is 0.263 e. The molecule has 3 aromatic rings. The van der Waals surface area contributed by atoms with Crippen LogP contribution < -0.4 is 9.47 Å². The lowest BCUT2D eigenvalue weighted by atomic mass is 10.1. The average molecular weight is 381 g/mol. The molecule has 0 N–H and O–H groups in total. The minimum absolute atomic E-state index is 0.192. The van der Waals surface area contributed by atoms with Crippen LogP contribution in [-0.2, 0) is 11.3 Å². The molecule has 7 nitrogen and oxygen atoms in total. The van der Waals surface area contributed by atoms with Crippen molar-refractivity contribution in [1.29, 1.82) is 0 Å². The summed E-state index contributed by atoms with van der Waals surface area (Å²) in [5, 5.41) is 4.00. The Kier molecular flexibility index (Phi) is 5.93. The van der Waals surface area contributed by atoms with E-state index in [1.54, 1.807) is 33.2 Å². The second kappa shape index (κ2) is 8.56. The topological polar surface area (TPSA) is 77.7 Å². The number of hydrogen-bond donors (Lipinski definition) is 0. The van der Waals surface area contributed by atoms with Crippen LogP contribution in [0.15, 0.2) is 53.1 Å². The van der Waals surface area contributed by atoms with Gasteiger partial charge in [0.25, 0.3) is 5.91 Å². The molecule has 28 heavy (non-hydrogen) atoms. The predicted molar refractivity (Wildman–Crippen MR) is 104 cm³/mol. The monoisotopic (exact) mass is 381 g/mol. The number of carbonyl (C=O) groups is 1. The summed E-state index contributed by atoms with van der Waals surface area (Å²) in [5.41, 5.74) is 1.98. The van der Waals surface area contributed by atoms with E-state index in [2.05, 4.69) is 10.1 Å². The Bertz CT molecular complexity index is 954. The molecule has 0 saturated carbocycles. The molecule has 1 heterocycles.